The van der Waals surface area contributed by atoms with Crippen LogP contribution in [0.1, 0.15) is 12.8 Å². The van der Waals surface area contributed by atoms with E-state index >= 15 is 0 Å². The Hall–Kier alpha value is -1.88. The number of nitrogens with zero attached hydrogens (tertiary/aromatic N) is 3. The number of aromatic nitrogens is 2. The minimum Gasteiger partial charge on any atom is -0.356 e. The minimum atomic E-state index is 0.579. The lowest BCUT2D eigenvalue weighted by Crippen LogP contribution is -2.21. The van der Waals surface area contributed by atoms with Gasteiger partial charge >= 0.3 is 0 Å². The number of nitrogens with one attached hydrogen (secondary N) is 1. The maximum absolute atomic E-state index is 5.52. The van der Waals surface area contributed by atoms with Gasteiger partial charge in [0.15, 0.2) is 0 Å². The first-order valence-corrected chi connectivity index (χ1v) is 6.84. The van der Waals surface area contributed by atoms with E-state index in [1.165, 1.54) is 12.8 Å². The molecule has 19 heavy (non-hydrogen) atoms. The second-order valence-electron chi connectivity index (χ2n) is 4.80. The molecular weight excluding hydrogens is 238 g/mol. The van der Waals surface area contributed by atoms with Gasteiger partial charge in [-0.25, -0.2) is 4.98 Å². The first-order chi connectivity index (χ1) is 9.38. The summed E-state index contributed by atoms with van der Waals surface area (Å²) in [6.45, 7) is 3.43. The van der Waals surface area contributed by atoms with Crippen LogP contribution in [0.15, 0.2) is 24.3 Å². The van der Waals surface area contributed by atoms with E-state index in [0.717, 1.165) is 29.8 Å². The van der Waals surface area contributed by atoms with Crippen LogP contribution in [-0.4, -0.2) is 36.1 Å². The van der Waals surface area contributed by atoms with E-state index < -0.39 is 0 Å². The normalized spacial score (nSPS) is 15.1. The summed E-state index contributed by atoms with van der Waals surface area (Å²) in [6, 6.07) is 8.17. The number of nitrogens with two attached hydrogens (primary N) is 1. The largest absolute Gasteiger partial charge is 0.356 e. The van der Waals surface area contributed by atoms with E-state index in [-0.39, 0.29) is 0 Å². The van der Waals surface area contributed by atoms with Crippen molar-refractivity contribution in [3.05, 3.63) is 24.3 Å². The summed E-state index contributed by atoms with van der Waals surface area (Å²) in [6.07, 6.45) is 2.48. The van der Waals surface area contributed by atoms with Crippen molar-refractivity contribution in [2.24, 2.45) is 5.73 Å². The predicted molar refractivity (Wildman–Crippen MR) is 78.5 cm³/mol. The molecule has 0 atom stereocenters. The van der Waals surface area contributed by atoms with Gasteiger partial charge in [-0.05, 0) is 25.0 Å². The molecule has 3 rings (SSSR count). The fourth-order valence-electron chi connectivity index (χ4n) is 2.49. The highest BCUT2D eigenvalue weighted by Gasteiger charge is 2.17. The zero-order valence-electron chi connectivity index (χ0n) is 11.0. The predicted octanol–water partition coefficient (Wildman–Crippen LogP) is 1.60. The summed E-state index contributed by atoms with van der Waals surface area (Å²) in [5.41, 5.74) is 6.51. The van der Waals surface area contributed by atoms with Crippen LogP contribution in [-0.2, 0) is 0 Å². The average molecular weight is 257 g/mol. The van der Waals surface area contributed by atoms with Crippen molar-refractivity contribution in [3.8, 4) is 0 Å². The molecule has 0 bridgehead atoms. The fraction of sp³-hybridized carbons (Fsp3) is 0.429. The van der Waals surface area contributed by atoms with Crippen LogP contribution in [0.3, 0.4) is 0 Å². The molecule has 1 saturated heterocycles. The quantitative estimate of drug-likeness (QED) is 0.871. The summed E-state index contributed by atoms with van der Waals surface area (Å²) in [5, 5.41) is 4.30. The third kappa shape index (κ3) is 2.46. The standard InChI is InChI=1S/C14H19N5/c15-7-8-16-14-17-12-6-2-1-5-11(12)13(18-14)19-9-3-4-10-19/h1-2,5-6H,3-4,7-10,15H2,(H,16,17,18). The number of hydrogen-bond donors (Lipinski definition) is 2. The van der Waals surface area contributed by atoms with Crippen LogP contribution in [0.25, 0.3) is 10.9 Å². The minimum absolute atomic E-state index is 0.579. The first kappa shape index (κ1) is 12.2. The average Bonchev–Trinajstić information content (AvgIpc) is 2.98. The number of anilines is 2. The Morgan fingerprint density at radius 1 is 1.16 bits per heavy atom. The zero-order valence-corrected chi connectivity index (χ0v) is 11.0. The molecule has 5 nitrogen and oxygen atoms in total. The van der Waals surface area contributed by atoms with Gasteiger partial charge in [0.2, 0.25) is 5.95 Å². The lowest BCUT2D eigenvalue weighted by atomic mass is 10.2. The third-order valence-electron chi connectivity index (χ3n) is 3.42. The lowest BCUT2D eigenvalue weighted by Gasteiger charge is -2.19. The maximum Gasteiger partial charge on any atom is 0.225 e. The molecule has 0 spiro atoms. The molecule has 0 unspecified atom stereocenters. The van der Waals surface area contributed by atoms with E-state index in [9.17, 15) is 0 Å². The van der Waals surface area contributed by atoms with E-state index in [0.29, 0.717) is 19.0 Å². The molecule has 1 aromatic carbocycles. The van der Waals surface area contributed by atoms with Gasteiger partial charge in [0, 0.05) is 31.6 Å². The number of benzene rings is 1. The molecule has 2 heterocycles. The van der Waals surface area contributed by atoms with Gasteiger partial charge in [-0.3, -0.25) is 0 Å². The fourth-order valence-corrected chi connectivity index (χ4v) is 2.49. The summed E-state index contributed by atoms with van der Waals surface area (Å²) in [5.74, 6) is 1.72. The Morgan fingerprint density at radius 3 is 2.74 bits per heavy atom. The molecule has 1 aliphatic heterocycles. The van der Waals surface area contributed by atoms with Gasteiger partial charge in [-0.2, -0.15) is 4.98 Å². The Balaban J connectivity index is 2.05. The maximum atomic E-state index is 5.52. The highest BCUT2D eigenvalue weighted by Crippen LogP contribution is 2.27. The topological polar surface area (TPSA) is 67.1 Å². The van der Waals surface area contributed by atoms with E-state index in [2.05, 4.69) is 26.3 Å². The van der Waals surface area contributed by atoms with Crippen molar-refractivity contribution < 1.29 is 0 Å². The van der Waals surface area contributed by atoms with Gasteiger partial charge in [0.1, 0.15) is 5.82 Å². The van der Waals surface area contributed by atoms with Crippen LogP contribution in [0.5, 0.6) is 0 Å². The van der Waals surface area contributed by atoms with Crippen molar-refractivity contribution in [1.82, 2.24) is 9.97 Å². The second kappa shape index (κ2) is 5.40. The smallest absolute Gasteiger partial charge is 0.225 e. The van der Waals surface area contributed by atoms with E-state index in [1.807, 2.05) is 18.2 Å². The Bertz CT molecular complexity index is 563. The van der Waals surface area contributed by atoms with Crippen molar-refractivity contribution in [2.45, 2.75) is 12.8 Å². The highest BCUT2D eigenvalue weighted by molar-refractivity contribution is 5.90. The molecule has 5 heteroatoms. The van der Waals surface area contributed by atoms with Gasteiger partial charge in [0.05, 0.1) is 5.52 Å². The number of para-hydroxylation sites is 1. The first-order valence-electron chi connectivity index (χ1n) is 6.84. The van der Waals surface area contributed by atoms with Crippen molar-refractivity contribution in [1.29, 1.82) is 0 Å². The Kier molecular flexibility index (Phi) is 3.46. The third-order valence-corrected chi connectivity index (χ3v) is 3.42. The summed E-state index contributed by atoms with van der Waals surface area (Å²) in [7, 11) is 0. The van der Waals surface area contributed by atoms with Crippen LogP contribution in [0, 0.1) is 0 Å². The van der Waals surface area contributed by atoms with Crippen LogP contribution in [0.4, 0.5) is 11.8 Å². The van der Waals surface area contributed by atoms with E-state index in [1.54, 1.807) is 0 Å². The van der Waals surface area contributed by atoms with Gasteiger partial charge < -0.3 is 16.0 Å². The molecular formula is C14H19N5. The number of rotatable bonds is 4. The van der Waals surface area contributed by atoms with Crippen molar-refractivity contribution in [3.63, 3.8) is 0 Å². The summed E-state index contributed by atoms with van der Waals surface area (Å²) < 4.78 is 0. The van der Waals surface area contributed by atoms with Gasteiger partial charge in [-0.15, -0.1) is 0 Å². The molecule has 3 N–H and O–H groups in total. The Morgan fingerprint density at radius 2 is 1.95 bits per heavy atom. The highest BCUT2D eigenvalue weighted by atomic mass is 15.2. The molecule has 1 fully saturated rings. The zero-order chi connectivity index (χ0) is 13.1. The summed E-state index contributed by atoms with van der Waals surface area (Å²) in [4.78, 5) is 11.6. The number of hydrogen-bond acceptors (Lipinski definition) is 5. The molecule has 1 aliphatic rings. The molecule has 0 saturated carbocycles. The monoisotopic (exact) mass is 257 g/mol. The summed E-state index contributed by atoms with van der Waals surface area (Å²) >= 11 is 0. The molecule has 1 aromatic heterocycles. The van der Waals surface area contributed by atoms with E-state index in [4.69, 9.17) is 5.73 Å². The van der Waals surface area contributed by atoms with Gasteiger partial charge in [0.25, 0.3) is 0 Å². The molecule has 0 aliphatic carbocycles. The second-order valence-corrected chi connectivity index (χ2v) is 4.80. The SMILES string of the molecule is NCCNc1nc(N2CCCC2)c2ccccc2n1. The molecule has 2 aromatic rings. The van der Waals surface area contributed by atoms with Crippen LogP contribution in [0.2, 0.25) is 0 Å². The van der Waals surface area contributed by atoms with Crippen molar-refractivity contribution in [2.75, 3.05) is 36.4 Å². The molecule has 100 valence electrons. The molecule has 0 radical (unpaired) electrons. The lowest BCUT2D eigenvalue weighted by molar-refractivity contribution is 0.931. The van der Waals surface area contributed by atoms with Crippen LogP contribution >= 0.6 is 0 Å². The van der Waals surface area contributed by atoms with Gasteiger partial charge in [-0.1, -0.05) is 12.1 Å². The Labute approximate surface area is 112 Å². The van der Waals surface area contributed by atoms with Crippen molar-refractivity contribution >= 4 is 22.7 Å². The number of fused-ring (bicyclic) bond motifs is 1. The molecule has 0 amide bonds. The van der Waals surface area contributed by atoms with Crippen LogP contribution < -0.4 is 16.0 Å².